The van der Waals surface area contributed by atoms with Crippen molar-refractivity contribution in [1.82, 2.24) is 25.1 Å². The minimum absolute atomic E-state index is 0.283. The molecule has 7 nitrogen and oxygen atoms in total. The van der Waals surface area contributed by atoms with Crippen molar-refractivity contribution in [3.63, 3.8) is 0 Å². The van der Waals surface area contributed by atoms with Gasteiger partial charge in [-0.25, -0.2) is 4.98 Å². The lowest BCUT2D eigenvalue weighted by molar-refractivity contribution is 0.102. The summed E-state index contributed by atoms with van der Waals surface area (Å²) in [7, 11) is 2.13. The fourth-order valence-corrected chi connectivity index (χ4v) is 3.91. The highest BCUT2D eigenvalue weighted by atomic mass is 19.1. The molecule has 3 aromatic heterocycles. The summed E-state index contributed by atoms with van der Waals surface area (Å²) in [6, 6.07) is 9.03. The van der Waals surface area contributed by atoms with Crippen LogP contribution in [0.2, 0.25) is 0 Å². The second kappa shape index (κ2) is 6.42. The lowest BCUT2D eigenvalue weighted by Crippen LogP contribution is -2.17. The maximum Gasteiger partial charge on any atom is 0.256 e. The minimum atomic E-state index is -0.556. The molecule has 5 rings (SSSR count). The molecule has 4 aromatic rings. The van der Waals surface area contributed by atoms with Crippen molar-refractivity contribution in [3.05, 3.63) is 53.7 Å². The standard InChI is InChI=1S/C20H19FN6O/c1-27-6-2-3-17(27)16-8-12-10-22-18(9-15(12)23-16)24-20(28)11-4-5-14-13(7-11)19(21)26-25-14/h4-5,7-10,17,23H,2-3,6H2,1H3,(H,25,26)(H,22,24,28)/t17-/m1/s1. The number of benzene rings is 1. The number of fused-ring (bicyclic) bond motifs is 2. The molecule has 8 heteroatoms. The molecule has 0 unspecified atom stereocenters. The summed E-state index contributed by atoms with van der Waals surface area (Å²) in [6.45, 7) is 1.10. The third-order valence-electron chi connectivity index (χ3n) is 5.42. The first kappa shape index (κ1) is 16.9. The van der Waals surface area contributed by atoms with Gasteiger partial charge < -0.3 is 10.3 Å². The van der Waals surface area contributed by atoms with E-state index in [1.54, 1.807) is 18.3 Å². The maximum atomic E-state index is 13.7. The smallest absolute Gasteiger partial charge is 0.256 e. The summed E-state index contributed by atoms with van der Waals surface area (Å²) >= 11 is 0. The number of H-pyrrole nitrogens is 2. The number of nitrogens with one attached hydrogen (secondary N) is 3. The van der Waals surface area contributed by atoms with Crippen molar-refractivity contribution in [2.45, 2.75) is 18.9 Å². The molecule has 0 bridgehead atoms. The molecule has 0 radical (unpaired) electrons. The van der Waals surface area contributed by atoms with Crippen LogP contribution in [-0.2, 0) is 0 Å². The van der Waals surface area contributed by atoms with Gasteiger partial charge in [0.2, 0.25) is 5.95 Å². The van der Waals surface area contributed by atoms with Gasteiger partial charge in [-0.05, 0) is 50.7 Å². The van der Waals surface area contributed by atoms with Gasteiger partial charge in [0, 0.05) is 34.9 Å². The zero-order valence-corrected chi connectivity index (χ0v) is 15.3. The molecular weight excluding hydrogens is 359 g/mol. The van der Waals surface area contributed by atoms with E-state index in [1.807, 2.05) is 6.07 Å². The summed E-state index contributed by atoms with van der Waals surface area (Å²) < 4.78 is 13.7. The summed E-state index contributed by atoms with van der Waals surface area (Å²) in [4.78, 5) is 22.7. The van der Waals surface area contributed by atoms with Crippen LogP contribution < -0.4 is 5.32 Å². The molecule has 1 amide bonds. The van der Waals surface area contributed by atoms with E-state index < -0.39 is 5.95 Å². The van der Waals surface area contributed by atoms with E-state index in [0.29, 0.717) is 22.9 Å². The van der Waals surface area contributed by atoms with Gasteiger partial charge in [0.15, 0.2) is 0 Å². The average molecular weight is 378 g/mol. The second-order valence-electron chi connectivity index (χ2n) is 7.24. The normalized spacial score (nSPS) is 17.6. The molecular formula is C20H19FN6O. The third-order valence-corrected chi connectivity index (χ3v) is 5.42. The maximum absolute atomic E-state index is 13.7. The lowest BCUT2D eigenvalue weighted by atomic mass is 10.1. The van der Waals surface area contributed by atoms with Gasteiger partial charge in [0.05, 0.1) is 16.4 Å². The fraction of sp³-hybridized carbons (Fsp3) is 0.250. The number of carbonyl (C=O) groups excluding carboxylic acids is 1. The highest BCUT2D eigenvalue weighted by molar-refractivity contribution is 6.06. The number of rotatable bonds is 3. The fourth-order valence-electron chi connectivity index (χ4n) is 3.91. The topological polar surface area (TPSA) is 89.7 Å². The highest BCUT2D eigenvalue weighted by Gasteiger charge is 2.24. The Balaban J connectivity index is 1.40. The highest BCUT2D eigenvalue weighted by Crippen LogP contribution is 2.32. The van der Waals surface area contributed by atoms with E-state index in [1.165, 1.54) is 18.2 Å². The van der Waals surface area contributed by atoms with E-state index in [-0.39, 0.29) is 11.3 Å². The van der Waals surface area contributed by atoms with Crippen molar-refractivity contribution in [2.75, 3.05) is 18.9 Å². The van der Waals surface area contributed by atoms with Crippen LogP contribution in [0.4, 0.5) is 10.2 Å². The number of aromatic amines is 2. The number of amides is 1. The molecule has 1 saturated heterocycles. The molecule has 28 heavy (non-hydrogen) atoms. The summed E-state index contributed by atoms with van der Waals surface area (Å²) in [5.41, 5.74) is 2.91. The van der Waals surface area contributed by atoms with Crippen LogP contribution in [-0.4, -0.2) is 44.6 Å². The SMILES string of the molecule is CN1CCC[C@@H]1c1cc2cnc(NC(=O)c3ccc4n[nH]c(F)c4c3)cc2[nH]1. The second-order valence-corrected chi connectivity index (χ2v) is 7.24. The van der Waals surface area contributed by atoms with E-state index in [0.717, 1.165) is 23.9 Å². The molecule has 0 spiro atoms. The van der Waals surface area contributed by atoms with Crippen LogP contribution >= 0.6 is 0 Å². The van der Waals surface area contributed by atoms with Crippen LogP contribution in [0.1, 0.15) is 34.9 Å². The summed E-state index contributed by atoms with van der Waals surface area (Å²) in [5, 5.41) is 10.2. The minimum Gasteiger partial charge on any atom is -0.357 e. The molecule has 142 valence electrons. The first-order chi connectivity index (χ1) is 13.6. The number of carbonyl (C=O) groups is 1. The zero-order valence-electron chi connectivity index (χ0n) is 15.3. The Morgan fingerprint density at radius 3 is 3.04 bits per heavy atom. The average Bonchev–Trinajstić information content (AvgIpc) is 3.39. The number of hydrogen-bond acceptors (Lipinski definition) is 4. The number of hydrogen-bond donors (Lipinski definition) is 3. The van der Waals surface area contributed by atoms with Gasteiger partial charge in [-0.2, -0.15) is 9.49 Å². The zero-order chi connectivity index (χ0) is 19.3. The first-order valence-corrected chi connectivity index (χ1v) is 9.22. The quantitative estimate of drug-likeness (QED) is 0.508. The van der Waals surface area contributed by atoms with Gasteiger partial charge in [0.25, 0.3) is 5.91 Å². The van der Waals surface area contributed by atoms with Crippen LogP contribution in [0.25, 0.3) is 21.8 Å². The van der Waals surface area contributed by atoms with Crippen molar-refractivity contribution >= 4 is 33.5 Å². The van der Waals surface area contributed by atoms with Crippen LogP contribution in [0.15, 0.2) is 36.5 Å². The molecule has 3 N–H and O–H groups in total. The Labute approximate surface area is 159 Å². The van der Waals surface area contributed by atoms with E-state index in [4.69, 9.17) is 0 Å². The Hall–Kier alpha value is -3.26. The monoisotopic (exact) mass is 378 g/mol. The third kappa shape index (κ3) is 2.82. The molecule has 1 aromatic carbocycles. The van der Waals surface area contributed by atoms with Gasteiger partial charge in [-0.1, -0.05) is 0 Å². The molecule has 0 saturated carbocycles. The van der Waals surface area contributed by atoms with Crippen molar-refractivity contribution in [2.24, 2.45) is 0 Å². The summed E-state index contributed by atoms with van der Waals surface area (Å²) in [6.07, 6.45) is 4.07. The Bertz CT molecular complexity index is 1200. The molecule has 1 atom stereocenters. The number of halogens is 1. The van der Waals surface area contributed by atoms with Gasteiger partial charge in [-0.15, -0.1) is 0 Å². The Kier molecular flexibility index (Phi) is 3.87. The molecule has 0 aliphatic carbocycles. The van der Waals surface area contributed by atoms with E-state index in [2.05, 4.69) is 43.5 Å². The van der Waals surface area contributed by atoms with Crippen molar-refractivity contribution in [3.8, 4) is 0 Å². The number of anilines is 1. The number of pyridine rings is 1. The van der Waals surface area contributed by atoms with Crippen LogP contribution in [0.5, 0.6) is 0 Å². The molecule has 1 fully saturated rings. The predicted octanol–water partition coefficient (Wildman–Crippen LogP) is 3.60. The Morgan fingerprint density at radius 2 is 2.21 bits per heavy atom. The first-order valence-electron chi connectivity index (χ1n) is 9.22. The predicted molar refractivity (Wildman–Crippen MR) is 105 cm³/mol. The van der Waals surface area contributed by atoms with Crippen molar-refractivity contribution < 1.29 is 9.18 Å². The number of likely N-dealkylation sites (tertiary alicyclic amines) is 1. The van der Waals surface area contributed by atoms with Gasteiger partial charge in [0.1, 0.15) is 5.82 Å². The Morgan fingerprint density at radius 1 is 1.32 bits per heavy atom. The largest absolute Gasteiger partial charge is 0.357 e. The number of aromatic nitrogens is 4. The van der Waals surface area contributed by atoms with Crippen LogP contribution in [0.3, 0.4) is 0 Å². The van der Waals surface area contributed by atoms with Crippen molar-refractivity contribution in [1.29, 1.82) is 0 Å². The van der Waals surface area contributed by atoms with Gasteiger partial charge in [-0.3, -0.25) is 14.8 Å². The lowest BCUT2D eigenvalue weighted by Gasteiger charge is -2.17. The molecule has 1 aliphatic rings. The van der Waals surface area contributed by atoms with E-state index in [9.17, 15) is 9.18 Å². The van der Waals surface area contributed by atoms with Crippen LogP contribution in [0, 0.1) is 5.95 Å². The molecule has 1 aliphatic heterocycles. The number of nitrogens with zero attached hydrogens (tertiary/aromatic N) is 3. The van der Waals surface area contributed by atoms with E-state index >= 15 is 0 Å². The summed E-state index contributed by atoms with van der Waals surface area (Å²) in [5.74, 6) is -0.463. The molecule has 4 heterocycles. The van der Waals surface area contributed by atoms with Gasteiger partial charge >= 0.3 is 0 Å².